The summed E-state index contributed by atoms with van der Waals surface area (Å²) < 4.78 is 5.35. The monoisotopic (exact) mass is 454 g/mol. The Kier molecular flexibility index (Phi) is 5.57. The van der Waals surface area contributed by atoms with Gasteiger partial charge in [-0.3, -0.25) is 15.0 Å². The average Bonchev–Trinajstić information content (AvgIpc) is 3.44. The Morgan fingerprint density at radius 1 is 1.19 bits per heavy atom. The molecule has 0 radical (unpaired) electrons. The zero-order chi connectivity index (χ0) is 22.1. The van der Waals surface area contributed by atoms with Crippen LogP contribution in [0.4, 0.5) is 0 Å². The van der Waals surface area contributed by atoms with Crippen molar-refractivity contribution < 1.29 is 20.1 Å². The van der Waals surface area contributed by atoms with E-state index in [4.69, 9.17) is 4.74 Å². The molecule has 10 nitrogen and oxygen atoms in total. The van der Waals surface area contributed by atoms with Crippen molar-refractivity contribution in [1.29, 1.82) is 0 Å². The standard InChI is InChI=1S/C21H22N6O4S/c28-21(29,30)31-20-19-15(5-9-32-19)23-18(24-20)12-27-7-3-13(4-8-27)16-10-17(26-25-16)14-2-1-6-22-11-14/h1-2,5-6,9-11,13,28-30H,3-4,7-8,12H2,(H,25,26). The maximum Gasteiger partial charge on any atom is 0.454 e. The minimum Gasteiger partial charge on any atom is -0.397 e. The lowest BCUT2D eigenvalue weighted by molar-refractivity contribution is -0.420. The summed E-state index contributed by atoms with van der Waals surface area (Å²) in [5.74, 6) is 0.832. The molecule has 0 saturated carbocycles. The van der Waals surface area contributed by atoms with Crippen molar-refractivity contribution in [1.82, 2.24) is 30.0 Å². The summed E-state index contributed by atoms with van der Waals surface area (Å²) in [6, 6.07) is 7.79. The number of aliphatic hydroxyl groups is 3. The molecule has 4 aromatic heterocycles. The fourth-order valence-electron chi connectivity index (χ4n) is 3.96. The summed E-state index contributed by atoms with van der Waals surface area (Å²) in [5, 5.41) is 37.0. The number of H-pyrrole nitrogens is 1. The molecule has 0 aromatic carbocycles. The van der Waals surface area contributed by atoms with Crippen LogP contribution in [0.15, 0.2) is 42.0 Å². The number of rotatable bonds is 6. The molecule has 11 heteroatoms. The molecule has 0 bridgehead atoms. The first kappa shape index (κ1) is 20.9. The van der Waals surface area contributed by atoms with Crippen molar-refractivity contribution in [2.75, 3.05) is 13.1 Å². The van der Waals surface area contributed by atoms with Crippen LogP contribution in [0.3, 0.4) is 0 Å². The van der Waals surface area contributed by atoms with Crippen molar-refractivity contribution in [3.63, 3.8) is 0 Å². The van der Waals surface area contributed by atoms with E-state index in [1.165, 1.54) is 11.3 Å². The molecule has 1 aliphatic rings. The number of nitrogens with one attached hydrogen (secondary N) is 1. The molecule has 0 atom stereocenters. The molecule has 0 amide bonds. The van der Waals surface area contributed by atoms with Gasteiger partial charge in [-0.15, -0.1) is 11.3 Å². The number of hydrogen-bond donors (Lipinski definition) is 4. The Bertz CT molecular complexity index is 1200. The third-order valence-electron chi connectivity index (χ3n) is 5.50. The molecule has 32 heavy (non-hydrogen) atoms. The second-order valence-electron chi connectivity index (χ2n) is 7.76. The van der Waals surface area contributed by atoms with Crippen molar-refractivity contribution in [2.24, 2.45) is 0 Å². The first-order valence-corrected chi connectivity index (χ1v) is 11.1. The van der Waals surface area contributed by atoms with Gasteiger partial charge in [-0.1, -0.05) is 0 Å². The number of aromatic amines is 1. The number of piperidine rings is 1. The van der Waals surface area contributed by atoms with Crippen molar-refractivity contribution >= 4 is 21.6 Å². The van der Waals surface area contributed by atoms with Gasteiger partial charge in [-0.2, -0.15) is 10.1 Å². The van der Waals surface area contributed by atoms with Gasteiger partial charge in [0.15, 0.2) is 0 Å². The number of fused-ring (bicyclic) bond motifs is 1. The molecule has 4 N–H and O–H groups in total. The molecule has 5 heterocycles. The van der Waals surface area contributed by atoms with Gasteiger partial charge in [0, 0.05) is 29.6 Å². The predicted molar refractivity (Wildman–Crippen MR) is 117 cm³/mol. The Balaban J connectivity index is 1.25. The Labute approximate surface area is 187 Å². The second-order valence-corrected chi connectivity index (χ2v) is 8.67. The lowest BCUT2D eigenvalue weighted by atomic mass is 9.93. The number of ether oxygens (including phenoxy) is 1. The fraction of sp³-hybridized carbons (Fsp3) is 0.333. The normalized spacial score (nSPS) is 16.0. The van der Waals surface area contributed by atoms with Crippen LogP contribution in [-0.2, 0) is 6.54 Å². The summed E-state index contributed by atoms with van der Waals surface area (Å²) >= 11 is 1.30. The number of thiophene rings is 1. The van der Waals surface area contributed by atoms with Gasteiger partial charge in [0.25, 0.3) is 0 Å². The smallest absolute Gasteiger partial charge is 0.397 e. The van der Waals surface area contributed by atoms with Gasteiger partial charge in [-0.25, -0.2) is 4.98 Å². The van der Waals surface area contributed by atoms with E-state index in [0.29, 0.717) is 28.5 Å². The van der Waals surface area contributed by atoms with E-state index < -0.39 is 6.16 Å². The van der Waals surface area contributed by atoms with Crippen LogP contribution in [-0.4, -0.2) is 64.6 Å². The minimum absolute atomic E-state index is 0.0530. The van der Waals surface area contributed by atoms with E-state index >= 15 is 0 Å². The van der Waals surface area contributed by atoms with Crippen LogP contribution < -0.4 is 4.74 Å². The van der Waals surface area contributed by atoms with Gasteiger partial charge in [0.2, 0.25) is 5.88 Å². The van der Waals surface area contributed by atoms with Crippen LogP contribution in [0, 0.1) is 0 Å². The average molecular weight is 455 g/mol. The van der Waals surface area contributed by atoms with Gasteiger partial charge >= 0.3 is 6.16 Å². The van der Waals surface area contributed by atoms with E-state index in [9.17, 15) is 15.3 Å². The van der Waals surface area contributed by atoms with Gasteiger partial charge < -0.3 is 20.1 Å². The predicted octanol–water partition coefficient (Wildman–Crippen LogP) is 1.82. The topological polar surface area (TPSA) is 141 Å². The molecule has 1 fully saturated rings. The molecule has 5 rings (SSSR count). The van der Waals surface area contributed by atoms with E-state index in [1.807, 2.05) is 12.1 Å². The second kappa shape index (κ2) is 8.52. The Morgan fingerprint density at radius 2 is 2.03 bits per heavy atom. The zero-order valence-corrected chi connectivity index (χ0v) is 17.9. The summed E-state index contributed by atoms with van der Waals surface area (Å²) in [6.45, 7) is 2.21. The van der Waals surface area contributed by atoms with Crippen molar-refractivity contribution in [2.45, 2.75) is 31.5 Å². The Hall–Kier alpha value is -2.96. The number of likely N-dealkylation sites (tertiary alicyclic amines) is 1. The minimum atomic E-state index is -3.29. The first-order valence-electron chi connectivity index (χ1n) is 10.2. The maximum absolute atomic E-state index is 9.20. The van der Waals surface area contributed by atoms with Crippen LogP contribution in [0.5, 0.6) is 5.88 Å². The van der Waals surface area contributed by atoms with Gasteiger partial charge in [0.1, 0.15) is 10.5 Å². The highest BCUT2D eigenvalue weighted by atomic mass is 32.1. The number of pyridine rings is 1. The van der Waals surface area contributed by atoms with Crippen LogP contribution in [0.1, 0.15) is 30.3 Å². The molecular weight excluding hydrogens is 432 g/mol. The lowest BCUT2D eigenvalue weighted by Gasteiger charge is -2.30. The highest BCUT2D eigenvalue weighted by Crippen LogP contribution is 2.32. The third-order valence-corrected chi connectivity index (χ3v) is 6.39. The fourth-order valence-corrected chi connectivity index (χ4v) is 4.72. The quantitative estimate of drug-likeness (QED) is 0.321. The molecule has 166 valence electrons. The van der Waals surface area contributed by atoms with Crippen LogP contribution in [0.25, 0.3) is 21.5 Å². The SMILES string of the molecule is OC(O)(O)Oc1nc(CN2CCC(c3cc(-c4cccnc4)n[nH]3)CC2)nc2ccsc12. The van der Waals surface area contributed by atoms with Gasteiger partial charge in [0.05, 0.1) is 17.8 Å². The van der Waals surface area contributed by atoms with E-state index in [2.05, 4.69) is 36.1 Å². The molecular formula is C21H22N6O4S. The van der Waals surface area contributed by atoms with Crippen molar-refractivity contribution in [3.8, 4) is 17.1 Å². The lowest BCUT2D eigenvalue weighted by Crippen LogP contribution is -2.35. The summed E-state index contributed by atoms with van der Waals surface area (Å²) in [7, 11) is 0. The molecule has 1 aliphatic heterocycles. The third kappa shape index (κ3) is 4.61. The highest BCUT2D eigenvalue weighted by molar-refractivity contribution is 7.17. The number of aromatic nitrogens is 5. The first-order chi connectivity index (χ1) is 15.4. The van der Waals surface area contributed by atoms with Crippen LogP contribution >= 0.6 is 11.3 Å². The van der Waals surface area contributed by atoms with Gasteiger partial charge in [-0.05, 0) is 55.6 Å². The van der Waals surface area contributed by atoms with Crippen molar-refractivity contribution in [3.05, 3.63) is 53.6 Å². The van der Waals surface area contributed by atoms with E-state index in [-0.39, 0.29) is 5.88 Å². The summed E-state index contributed by atoms with van der Waals surface area (Å²) in [6.07, 6.45) is 2.19. The summed E-state index contributed by atoms with van der Waals surface area (Å²) in [4.78, 5) is 15.2. The maximum atomic E-state index is 9.20. The molecule has 4 aromatic rings. The molecule has 0 unspecified atom stereocenters. The number of nitrogens with zero attached hydrogens (tertiary/aromatic N) is 5. The van der Waals surface area contributed by atoms with E-state index in [1.54, 1.807) is 23.8 Å². The summed E-state index contributed by atoms with van der Waals surface area (Å²) in [5.41, 5.74) is 3.65. The zero-order valence-electron chi connectivity index (χ0n) is 17.0. The molecule has 0 spiro atoms. The number of hydrogen-bond acceptors (Lipinski definition) is 10. The van der Waals surface area contributed by atoms with Crippen LogP contribution in [0.2, 0.25) is 0 Å². The van der Waals surface area contributed by atoms with E-state index in [0.717, 1.165) is 42.9 Å². The molecule has 1 saturated heterocycles. The Morgan fingerprint density at radius 3 is 2.78 bits per heavy atom. The molecule has 0 aliphatic carbocycles. The largest absolute Gasteiger partial charge is 0.454 e. The highest BCUT2D eigenvalue weighted by Gasteiger charge is 2.26.